The fraction of sp³-hybridized carbons (Fsp3) is 0.529. The van der Waals surface area contributed by atoms with Crippen molar-refractivity contribution < 1.29 is 36.6 Å². The van der Waals surface area contributed by atoms with Crippen molar-refractivity contribution >= 4 is 11.8 Å². The smallest absolute Gasteiger partial charge is 0.258 e. The van der Waals surface area contributed by atoms with Crippen LogP contribution in [0.5, 0.6) is 0 Å². The van der Waals surface area contributed by atoms with Crippen molar-refractivity contribution in [2.45, 2.75) is 38.1 Å². The van der Waals surface area contributed by atoms with Gasteiger partial charge in [0, 0.05) is 6.54 Å². The second kappa shape index (κ2) is 9.12. The van der Waals surface area contributed by atoms with Crippen LogP contribution >= 0.6 is 0 Å². The van der Waals surface area contributed by atoms with Crippen LogP contribution in [-0.4, -0.2) is 36.1 Å². The zero-order valence-electron chi connectivity index (χ0n) is 14.3. The topological polar surface area (TPSA) is 78.4 Å². The molecule has 1 aliphatic carbocycles. The number of rotatable bonds is 6. The summed E-state index contributed by atoms with van der Waals surface area (Å²) in [5.41, 5.74) is -1.72. The molecular formula is C17H19F5N2O3. The SMILES string of the molecule is O=C(NC(CO)C(=O)NCC1CCCCC1)c1c(F)c(F)c(F)c(F)c1F. The first-order chi connectivity index (χ1) is 12.8. The van der Waals surface area contributed by atoms with Crippen LogP contribution in [0.15, 0.2) is 0 Å². The monoisotopic (exact) mass is 394 g/mol. The molecule has 0 saturated heterocycles. The number of aliphatic hydroxyl groups excluding tert-OH is 1. The molecule has 1 aliphatic rings. The molecule has 0 radical (unpaired) electrons. The second-order valence-corrected chi connectivity index (χ2v) is 6.40. The Labute approximate surface area is 151 Å². The summed E-state index contributed by atoms with van der Waals surface area (Å²) in [5, 5.41) is 13.6. The number of amides is 2. The van der Waals surface area contributed by atoms with Gasteiger partial charge in [0.05, 0.1) is 6.61 Å². The molecule has 2 amide bonds. The van der Waals surface area contributed by atoms with Crippen LogP contribution in [0.1, 0.15) is 42.5 Å². The highest BCUT2D eigenvalue weighted by Crippen LogP contribution is 2.24. The third kappa shape index (κ3) is 4.74. The number of carbonyl (C=O) groups excluding carboxylic acids is 2. The molecule has 10 heteroatoms. The Balaban J connectivity index is 2.07. The van der Waals surface area contributed by atoms with E-state index in [0.29, 0.717) is 6.54 Å². The summed E-state index contributed by atoms with van der Waals surface area (Å²) < 4.78 is 66.7. The molecule has 5 nitrogen and oxygen atoms in total. The summed E-state index contributed by atoms with van der Waals surface area (Å²) >= 11 is 0. The lowest BCUT2D eigenvalue weighted by molar-refractivity contribution is -0.124. The first-order valence-electron chi connectivity index (χ1n) is 8.48. The van der Waals surface area contributed by atoms with Crippen molar-refractivity contribution in [1.29, 1.82) is 0 Å². The van der Waals surface area contributed by atoms with Gasteiger partial charge in [0.15, 0.2) is 23.3 Å². The molecule has 0 bridgehead atoms. The van der Waals surface area contributed by atoms with E-state index >= 15 is 0 Å². The minimum absolute atomic E-state index is 0.243. The Morgan fingerprint density at radius 1 is 0.926 bits per heavy atom. The number of halogens is 5. The number of benzene rings is 1. The molecule has 3 N–H and O–H groups in total. The number of hydrogen-bond acceptors (Lipinski definition) is 3. The average Bonchev–Trinajstić information content (AvgIpc) is 2.68. The molecule has 1 aromatic carbocycles. The van der Waals surface area contributed by atoms with Crippen LogP contribution in [0, 0.1) is 35.0 Å². The van der Waals surface area contributed by atoms with Crippen LogP contribution in [-0.2, 0) is 4.79 Å². The first kappa shape index (κ1) is 21.1. The van der Waals surface area contributed by atoms with Gasteiger partial charge >= 0.3 is 0 Å². The zero-order valence-corrected chi connectivity index (χ0v) is 14.3. The van der Waals surface area contributed by atoms with Crippen molar-refractivity contribution in [2.75, 3.05) is 13.2 Å². The molecule has 0 aliphatic heterocycles. The van der Waals surface area contributed by atoms with Gasteiger partial charge in [-0.3, -0.25) is 9.59 Å². The Hall–Kier alpha value is -2.23. The van der Waals surface area contributed by atoms with E-state index in [-0.39, 0.29) is 5.92 Å². The molecule has 1 atom stereocenters. The fourth-order valence-corrected chi connectivity index (χ4v) is 2.99. The highest BCUT2D eigenvalue weighted by atomic mass is 19.2. The normalized spacial score (nSPS) is 16.1. The predicted molar refractivity (Wildman–Crippen MR) is 84.2 cm³/mol. The number of hydrogen-bond donors (Lipinski definition) is 3. The van der Waals surface area contributed by atoms with Crippen LogP contribution in [0.4, 0.5) is 22.0 Å². The lowest BCUT2D eigenvalue weighted by Crippen LogP contribution is -2.50. The summed E-state index contributed by atoms with van der Waals surface area (Å²) in [6.07, 6.45) is 5.01. The Morgan fingerprint density at radius 2 is 1.44 bits per heavy atom. The summed E-state index contributed by atoms with van der Waals surface area (Å²) in [6.45, 7) is -0.620. The van der Waals surface area contributed by atoms with Crippen molar-refractivity contribution in [3.63, 3.8) is 0 Å². The molecule has 1 saturated carbocycles. The zero-order chi connectivity index (χ0) is 20.1. The van der Waals surface area contributed by atoms with E-state index < -0.39 is 59.1 Å². The molecule has 150 valence electrons. The fourth-order valence-electron chi connectivity index (χ4n) is 2.99. The van der Waals surface area contributed by atoms with Gasteiger partial charge in [-0.1, -0.05) is 19.3 Å². The summed E-state index contributed by atoms with van der Waals surface area (Å²) in [5.74, 6) is -13.9. The first-order valence-corrected chi connectivity index (χ1v) is 8.48. The van der Waals surface area contributed by atoms with Crippen LogP contribution in [0.3, 0.4) is 0 Å². The van der Waals surface area contributed by atoms with Crippen LogP contribution in [0.2, 0.25) is 0 Å². The molecule has 0 heterocycles. The lowest BCUT2D eigenvalue weighted by Gasteiger charge is -2.23. The molecule has 2 rings (SSSR count). The summed E-state index contributed by atoms with van der Waals surface area (Å²) in [7, 11) is 0. The Morgan fingerprint density at radius 3 is 1.96 bits per heavy atom. The van der Waals surface area contributed by atoms with E-state index in [2.05, 4.69) is 5.32 Å². The summed E-state index contributed by atoms with van der Waals surface area (Å²) in [4.78, 5) is 24.0. The van der Waals surface area contributed by atoms with Gasteiger partial charge < -0.3 is 15.7 Å². The minimum atomic E-state index is -2.40. The Bertz CT molecular complexity index is 694. The van der Waals surface area contributed by atoms with Crippen molar-refractivity contribution in [3.05, 3.63) is 34.6 Å². The third-order valence-electron chi connectivity index (χ3n) is 4.53. The van der Waals surface area contributed by atoms with E-state index in [1.807, 2.05) is 0 Å². The van der Waals surface area contributed by atoms with Crippen molar-refractivity contribution in [2.24, 2.45) is 5.92 Å². The van der Waals surface area contributed by atoms with E-state index in [0.717, 1.165) is 32.1 Å². The van der Waals surface area contributed by atoms with Crippen LogP contribution < -0.4 is 10.6 Å². The van der Waals surface area contributed by atoms with Gasteiger partial charge in [-0.05, 0) is 18.8 Å². The highest BCUT2D eigenvalue weighted by molar-refractivity contribution is 5.98. The standard InChI is InChI=1S/C17H19F5N2O3/c18-11-10(12(19)14(21)15(22)13(11)20)17(27)24-9(7-25)16(26)23-6-8-4-2-1-3-5-8/h8-9,25H,1-7H2,(H,23,26)(H,24,27). The van der Waals surface area contributed by atoms with Gasteiger partial charge in [0.25, 0.3) is 5.91 Å². The van der Waals surface area contributed by atoms with E-state index in [1.165, 1.54) is 0 Å². The largest absolute Gasteiger partial charge is 0.394 e. The highest BCUT2D eigenvalue weighted by Gasteiger charge is 2.31. The molecule has 0 aromatic heterocycles. The maximum Gasteiger partial charge on any atom is 0.258 e. The maximum atomic E-state index is 13.7. The van der Waals surface area contributed by atoms with Gasteiger partial charge in [0.2, 0.25) is 11.7 Å². The van der Waals surface area contributed by atoms with Crippen molar-refractivity contribution in [3.8, 4) is 0 Å². The molecule has 1 fully saturated rings. The molecule has 0 spiro atoms. The summed E-state index contributed by atoms with van der Waals surface area (Å²) in [6, 6.07) is -1.60. The maximum absolute atomic E-state index is 13.7. The average molecular weight is 394 g/mol. The van der Waals surface area contributed by atoms with Gasteiger partial charge in [-0.15, -0.1) is 0 Å². The molecule has 27 heavy (non-hydrogen) atoms. The number of carbonyl (C=O) groups is 2. The van der Waals surface area contributed by atoms with E-state index in [1.54, 1.807) is 5.32 Å². The van der Waals surface area contributed by atoms with Crippen LogP contribution in [0.25, 0.3) is 0 Å². The number of nitrogens with one attached hydrogen (secondary N) is 2. The predicted octanol–water partition coefficient (Wildman–Crippen LogP) is 2.17. The minimum Gasteiger partial charge on any atom is -0.394 e. The van der Waals surface area contributed by atoms with Gasteiger partial charge in [0.1, 0.15) is 11.6 Å². The van der Waals surface area contributed by atoms with Crippen molar-refractivity contribution in [1.82, 2.24) is 10.6 Å². The Kier molecular flexibility index (Phi) is 7.11. The molecule has 1 unspecified atom stereocenters. The van der Waals surface area contributed by atoms with E-state index in [9.17, 15) is 36.6 Å². The third-order valence-corrected chi connectivity index (χ3v) is 4.53. The van der Waals surface area contributed by atoms with Gasteiger partial charge in [-0.25, -0.2) is 22.0 Å². The quantitative estimate of drug-likeness (QED) is 0.393. The second-order valence-electron chi connectivity index (χ2n) is 6.40. The molecular weight excluding hydrogens is 375 g/mol. The van der Waals surface area contributed by atoms with Gasteiger partial charge in [-0.2, -0.15) is 0 Å². The lowest BCUT2D eigenvalue weighted by atomic mass is 9.89. The van der Waals surface area contributed by atoms with E-state index in [4.69, 9.17) is 0 Å². The molecule has 1 aromatic rings. The number of aliphatic hydroxyl groups is 1.